The van der Waals surface area contributed by atoms with Gasteiger partial charge in [-0.15, -0.1) is 0 Å². The SMILES string of the molecule is C=C/C=C\C(C)C1=C/C(=C)N(c2cc(C(C)(C)C)ccc2C)c2cc(C)cc(N(c3cc4c(cc3C)C(C)(C)CC4(C)C)c3ccc(C(C)(C)C)cc3-c3ccc4c(c3)C(C)(C)CC4(C)C)c2/C=C\1. The first-order chi connectivity index (χ1) is 31.9. The van der Waals surface area contributed by atoms with Crippen molar-refractivity contribution in [1.82, 2.24) is 0 Å². The van der Waals surface area contributed by atoms with Crippen molar-refractivity contribution in [1.29, 1.82) is 0 Å². The van der Waals surface area contributed by atoms with Crippen LogP contribution in [-0.2, 0) is 32.5 Å². The van der Waals surface area contributed by atoms with Crippen molar-refractivity contribution in [3.8, 4) is 11.1 Å². The van der Waals surface area contributed by atoms with Gasteiger partial charge in [0.05, 0.1) is 17.1 Å². The predicted octanol–water partition coefficient (Wildman–Crippen LogP) is 19.2. The van der Waals surface area contributed by atoms with Gasteiger partial charge in [0, 0.05) is 28.2 Å². The highest BCUT2D eigenvalue weighted by atomic mass is 15.2. The molecule has 0 saturated heterocycles. The van der Waals surface area contributed by atoms with Gasteiger partial charge in [0.15, 0.2) is 0 Å². The second-order valence-electron chi connectivity index (χ2n) is 25.8. The van der Waals surface area contributed by atoms with Gasteiger partial charge in [0.2, 0.25) is 0 Å². The van der Waals surface area contributed by atoms with Crippen molar-refractivity contribution < 1.29 is 0 Å². The topological polar surface area (TPSA) is 6.48 Å². The van der Waals surface area contributed by atoms with Crippen LogP contribution in [0.2, 0.25) is 0 Å². The molecule has 360 valence electrons. The van der Waals surface area contributed by atoms with Crippen molar-refractivity contribution in [2.24, 2.45) is 5.92 Å². The molecule has 1 heterocycles. The summed E-state index contributed by atoms with van der Waals surface area (Å²) in [6, 6.07) is 31.6. The van der Waals surface area contributed by atoms with Crippen molar-refractivity contribution in [2.75, 3.05) is 9.80 Å². The van der Waals surface area contributed by atoms with Gasteiger partial charge in [-0.25, -0.2) is 0 Å². The average molecular weight is 915 g/mol. The zero-order valence-corrected chi connectivity index (χ0v) is 45.8. The number of aryl methyl sites for hydroxylation is 3. The Kier molecular flexibility index (Phi) is 12.3. The average Bonchev–Trinajstić information content (AvgIpc) is 3.54. The predicted molar refractivity (Wildman–Crippen MR) is 303 cm³/mol. The second kappa shape index (κ2) is 17.1. The molecule has 1 aliphatic heterocycles. The van der Waals surface area contributed by atoms with Gasteiger partial charge in [-0.1, -0.05) is 190 Å². The van der Waals surface area contributed by atoms with Crippen LogP contribution in [0, 0.1) is 26.7 Å². The van der Waals surface area contributed by atoms with Crippen LogP contribution in [0.25, 0.3) is 17.2 Å². The standard InChI is InChI=1S/C67H82N2/c1-21-22-23-43(3)47-25-29-51-60(68(46(6)35-47)58-38-50(63(10,11)12)27-24-44(58)4)32-42(2)33-61(51)69(59-39-56-54(34-45(59)5)65(15,16)41-67(56,19)20)57-31-28-49(62(7,8)9)37-52(57)48-26-30-53-55(36-48)66(17,18)40-64(53,13)14/h21-39,43H,1,6,40-41H2,2-5,7-20H3/b23-22-,29-25-,47-35+. The summed E-state index contributed by atoms with van der Waals surface area (Å²) >= 11 is 0. The zero-order chi connectivity index (χ0) is 50.6. The fraction of sp³-hybridized carbons (Fsp3) is 0.403. The largest absolute Gasteiger partial charge is 0.310 e. The van der Waals surface area contributed by atoms with E-state index in [2.05, 4.69) is 250 Å². The zero-order valence-electron chi connectivity index (χ0n) is 45.8. The maximum Gasteiger partial charge on any atom is 0.0558 e. The van der Waals surface area contributed by atoms with Crippen LogP contribution in [0.15, 0.2) is 134 Å². The minimum Gasteiger partial charge on any atom is -0.310 e. The molecular formula is C67H82N2. The minimum absolute atomic E-state index is 0.00447. The Morgan fingerprint density at radius 3 is 1.80 bits per heavy atom. The summed E-state index contributed by atoms with van der Waals surface area (Å²) < 4.78 is 0. The Morgan fingerprint density at radius 1 is 0.594 bits per heavy atom. The smallest absolute Gasteiger partial charge is 0.0558 e. The summed E-state index contributed by atoms with van der Waals surface area (Å²) in [6.07, 6.45) is 15.4. The van der Waals surface area contributed by atoms with Crippen molar-refractivity contribution in [3.63, 3.8) is 0 Å². The highest BCUT2D eigenvalue weighted by Crippen LogP contribution is 2.56. The third kappa shape index (κ3) is 9.07. The molecule has 0 saturated carbocycles. The van der Waals surface area contributed by atoms with Crippen LogP contribution in [0.3, 0.4) is 0 Å². The first kappa shape index (κ1) is 49.8. The van der Waals surface area contributed by atoms with Gasteiger partial charge in [-0.3, -0.25) is 0 Å². The highest BCUT2D eigenvalue weighted by molar-refractivity contribution is 5.96. The number of allylic oxidation sites excluding steroid dienone is 6. The van der Waals surface area contributed by atoms with Gasteiger partial charge >= 0.3 is 0 Å². The quantitative estimate of drug-likeness (QED) is 0.143. The Hall–Kier alpha value is -5.60. The highest BCUT2D eigenvalue weighted by Gasteiger charge is 2.44. The van der Waals surface area contributed by atoms with Crippen LogP contribution in [-0.4, -0.2) is 0 Å². The third-order valence-electron chi connectivity index (χ3n) is 15.9. The Labute approximate surface area is 418 Å². The Balaban J connectivity index is 1.52. The van der Waals surface area contributed by atoms with E-state index >= 15 is 0 Å². The minimum atomic E-state index is -0.0591. The molecule has 0 N–H and O–H groups in total. The van der Waals surface area contributed by atoms with E-state index in [9.17, 15) is 0 Å². The third-order valence-corrected chi connectivity index (χ3v) is 15.9. The molecule has 2 heteroatoms. The summed E-state index contributed by atoms with van der Waals surface area (Å²) in [5, 5.41) is 0. The van der Waals surface area contributed by atoms with E-state index in [1.165, 1.54) is 78.1 Å². The molecule has 5 aromatic carbocycles. The molecule has 8 rings (SSSR count). The molecule has 0 aromatic heterocycles. The lowest BCUT2D eigenvalue weighted by Gasteiger charge is -2.37. The number of nitrogens with zero attached hydrogens (tertiary/aromatic N) is 2. The maximum absolute atomic E-state index is 4.92. The van der Waals surface area contributed by atoms with Gasteiger partial charge < -0.3 is 9.80 Å². The van der Waals surface area contributed by atoms with E-state index in [1.807, 2.05) is 6.08 Å². The number of hydrogen-bond acceptors (Lipinski definition) is 2. The summed E-state index contributed by atoms with van der Waals surface area (Å²) in [5.74, 6) is 0.126. The lowest BCUT2D eigenvalue weighted by molar-refractivity contribution is 0.402. The fourth-order valence-corrected chi connectivity index (χ4v) is 12.5. The maximum atomic E-state index is 4.92. The van der Waals surface area contributed by atoms with Crippen molar-refractivity contribution in [2.45, 2.75) is 170 Å². The first-order valence-corrected chi connectivity index (χ1v) is 25.6. The first-order valence-electron chi connectivity index (χ1n) is 25.6. The molecule has 0 spiro atoms. The summed E-state index contributed by atoms with van der Waals surface area (Å²) in [6.45, 7) is 51.4. The number of benzene rings is 5. The van der Waals surface area contributed by atoms with E-state index < -0.39 is 0 Å². The number of hydrogen-bond donors (Lipinski definition) is 0. The molecule has 0 radical (unpaired) electrons. The summed E-state index contributed by atoms with van der Waals surface area (Å²) in [5.41, 5.74) is 23.8. The van der Waals surface area contributed by atoms with Gasteiger partial charge in [0.25, 0.3) is 0 Å². The van der Waals surface area contributed by atoms with Crippen LogP contribution >= 0.6 is 0 Å². The molecule has 3 aliphatic rings. The molecular weight excluding hydrogens is 833 g/mol. The van der Waals surface area contributed by atoms with E-state index in [1.54, 1.807) is 0 Å². The van der Waals surface area contributed by atoms with E-state index in [0.29, 0.717) is 0 Å². The molecule has 0 bridgehead atoms. The Bertz CT molecular complexity index is 2990. The fourth-order valence-electron chi connectivity index (χ4n) is 12.5. The van der Waals surface area contributed by atoms with Gasteiger partial charge in [0.1, 0.15) is 0 Å². The number of anilines is 5. The molecule has 0 amide bonds. The molecule has 1 unspecified atom stereocenters. The van der Waals surface area contributed by atoms with Crippen LogP contribution < -0.4 is 9.80 Å². The van der Waals surface area contributed by atoms with Gasteiger partial charge in [-0.2, -0.15) is 0 Å². The normalized spacial score (nSPS) is 19.5. The summed E-state index contributed by atoms with van der Waals surface area (Å²) in [4.78, 5) is 5.08. The molecule has 1 atom stereocenters. The number of fused-ring (bicyclic) bond motifs is 3. The molecule has 5 aromatic rings. The number of rotatable bonds is 8. The van der Waals surface area contributed by atoms with E-state index in [4.69, 9.17) is 6.58 Å². The van der Waals surface area contributed by atoms with E-state index in [0.717, 1.165) is 41.2 Å². The van der Waals surface area contributed by atoms with E-state index in [-0.39, 0.29) is 38.4 Å². The molecule has 2 aliphatic carbocycles. The molecule has 2 nitrogen and oxygen atoms in total. The van der Waals surface area contributed by atoms with Crippen LogP contribution in [0.5, 0.6) is 0 Å². The van der Waals surface area contributed by atoms with Crippen LogP contribution in [0.4, 0.5) is 28.4 Å². The lowest BCUT2D eigenvalue weighted by Crippen LogP contribution is -2.22. The van der Waals surface area contributed by atoms with Gasteiger partial charge in [-0.05, 0) is 176 Å². The van der Waals surface area contributed by atoms with Crippen molar-refractivity contribution in [3.05, 3.63) is 189 Å². The second-order valence-corrected chi connectivity index (χ2v) is 25.8. The molecule has 0 fully saturated rings. The Morgan fingerprint density at radius 2 is 1.17 bits per heavy atom. The lowest BCUT2D eigenvalue weighted by atomic mass is 9.81. The van der Waals surface area contributed by atoms with Crippen molar-refractivity contribution >= 4 is 34.5 Å². The summed E-state index contributed by atoms with van der Waals surface area (Å²) in [7, 11) is 0. The van der Waals surface area contributed by atoms with Crippen LogP contribution in [0.1, 0.15) is 172 Å². The molecule has 69 heavy (non-hydrogen) atoms. The monoisotopic (exact) mass is 915 g/mol.